The Hall–Kier alpha value is -0.320. The molecule has 0 aromatic carbocycles. The van der Waals surface area contributed by atoms with Crippen LogP contribution in [0.5, 0.6) is 5.88 Å². The predicted octanol–water partition coefficient (Wildman–Crippen LogP) is 3.41. The summed E-state index contributed by atoms with van der Waals surface area (Å²) in [5.74, 6) is 0.616. The summed E-state index contributed by atoms with van der Waals surface area (Å²) in [5.41, 5.74) is 0. The molecule has 0 aliphatic carbocycles. The molecule has 2 rings (SSSR count). The van der Waals surface area contributed by atoms with Crippen LogP contribution in [0.2, 0.25) is 5.02 Å². The van der Waals surface area contributed by atoms with Crippen molar-refractivity contribution in [2.24, 2.45) is 0 Å². The Morgan fingerprint density at radius 2 is 2.41 bits per heavy atom. The minimum Gasteiger partial charge on any atom is -0.477 e. The Balaban J connectivity index is 1.77. The molecule has 2 heterocycles. The normalized spacial score (nSPS) is 20.2. The largest absolute Gasteiger partial charge is 0.477 e. The number of nitrogens with zero attached hydrogens (tertiary/aromatic N) is 1. The number of hydrogen-bond acceptors (Lipinski definition) is 3. The lowest BCUT2D eigenvalue weighted by atomic mass is 10.0. The fraction of sp³-hybridized carbons (Fsp3) is 0.583. The summed E-state index contributed by atoms with van der Waals surface area (Å²) in [6.07, 6.45) is 6.48. The number of piperidine rings is 1. The minimum atomic E-state index is 0.592. The molecule has 0 saturated carbocycles. The molecule has 1 aliphatic heterocycles. The molecule has 1 unspecified atom stereocenters. The van der Waals surface area contributed by atoms with Gasteiger partial charge in [0.25, 0.3) is 0 Å². The first-order chi connectivity index (χ1) is 8.25. The molecule has 17 heavy (non-hydrogen) atoms. The highest BCUT2D eigenvalue weighted by atomic mass is 79.9. The third-order valence-electron chi connectivity index (χ3n) is 2.89. The number of aromatic nitrogens is 1. The Morgan fingerprint density at radius 1 is 1.53 bits per heavy atom. The first kappa shape index (κ1) is 13.1. The number of halogens is 2. The van der Waals surface area contributed by atoms with Crippen LogP contribution in [0.3, 0.4) is 0 Å². The van der Waals surface area contributed by atoms with Crippen molar-refractivity contribution in [3.63, 3.8) is 0 Å². The first-order valence-electron chi connectivity index (χ1n) is 5.93. The zero-order chi connectivity index (χ0) is 12.1. The summed E-state index contributed by atoms with van der Waals surface area (Å²) in [4.78, 5) is 4.14. The van der Waals surface area contributed by atoms with Crippen LogP contribution in [0, 0.1) is 0 Å². The highest BCUT2D eigenvalue weighted by Crippen LogP contribution is 2.25. The van der Waals surface area contributed by atoms with Crippen molar-refractivity contribution in [3.8, 4) is 5.88 Å². The molecule has 0 radical (unpaired) electrons. The Morgan fingerprint density at radius 3 is 3.12 bits per heavy atom. The van der Waals surface area contributed by atoms with E-state index in [4.69, 9.17) is 16.3 Å². The molecule has 1 fully saturated rings. The molecule has 0 spiro atoms. The van der Waals surface area contributed by atoms with Gasteiger partial charge in [-0.25, -0.2) is 4.98 Å². The summed E-state index contributed by atoms with van der Waals surface area (Å²) >= 11 is 9.20. The lowest BCUT2D eigenvalue weighted by Gasteiger charge is -2.23. The number of pyridine rings is 1. The molecule has 1 aliphatic rings. The molecule has 3 nitrogen and oxygen atoms in total. The number of rotatable bonds is 4. The molecule has 94 valence electrons. The van der Waals surface area contributed by atoms with E-state index >= 15 is 0 Å². The monoisotopic (exact) mass is 318 g/mol. The summed E-state index contributed by atoms with van der Waals surface area (Å²) in [7, 11) is 0. The van der Waals surface area contributed by atoms with Crippen LogP contribution in [0.25, 0.3) is 0 Å². The standard InChI is InChI=1S/C12H16BrClN2O/c13-11-7-9(14)8-16-12(11)17-6-4-10-3-1-2-5-15-10/h7-8,10,15H,1-6H2. The lowest BCUT2D eigenvalue weighted by Crippen LogP contribution is -2.35. The van der Waals surface area contributed by atoms with E-state index in [-0.39, 0.29) is 0 Å². The van der Waals surface area contributed by atoms with E-state index in [9.17, 15) is 0 Å². The van der Waals surface area contributed by atoms with Crippen molar-refractivity contribution in [2.45, 2.75) is 31.7 Å². The van der Waals surface area contributed by atoms with Gasteiger partial charge in [-0.3, -0.25) is 0 Å². The number of ether oxygens (including phenoxy) is 1. The van der Waals surface area contributed by atoms with Crippen molar-refractivity contribution in [1.82, 2.24) is 10.3 Å². The molecular weight excluding hydrogens is 304 g/mol. The lowest BCUT2D eigenvalue weighted by molar-refractivity contribution is 0.259. The molecule has 1 saturated heterocycles. The summed E-state index contributed by atoms with van der Waals surface area (Å²) in [6, 6.07) is 2.39. The number of nitrogens with one attached hydrogen (secondary N) is 1. The quantitative estimate of drug-likeness (QED) is 0.923. The van der Waals surface area contributed by atoms with E-state index in [1.165, 1.54) is 19.3 Å². The maximum Gasteiger partial charge on any atom is 0.228 e. The molecule has 0 bridgehead atoms. The average molecular weight is 320 g/mol. The highest BCUT2D eigenvalue weighted by molar-refractivity contribution is 9.10. The molecule has 1 aromatic heterocycles. The summed E-state index contributed by atoms with van der Waals surface area (Å²) in [6.45, 7) is 1.82. The van der Waals surface area contributed by atoms with Crippen molar-refractivity contribution < 1.29 is 4.74 Å². The molecule has 1 aromatic rings. The third-order valence-corrected chi connectivity index (χ3v) is 3.67. The van der Waals surface area contributed by atoms with Gasteiger partial charge in [0, 0.05) is 12.2 Å². The van der Waals surface area contributed by atoms with Crippen molar-refractivity contribution >= 4 is 27.5 Å². The average Bonchev–Trinajstić information content (AvgIpc) is 2.33. The Kier molecular flexibility index (Phi) is 5.07. The molecule has 5 heteroatoms. The van der Waals surface area contributed by atoms with Crippen molar-refractivity contribution in [2.75, 3.05) is 13.2 Å². The summed E-state index contributed by atoms with van der Waals surface area (Å²) in [5, 5.41) is 4.11. The molecular formula is C12H16BrClN2O. The maximum absolute atomic E-state index is 5.81. The van der Waals surface area contributed by atoms with Gasteiger partial charge in [-0.15, -0.1) is 0 Å². The zero-order valence-electron chi connectivity index (χ0n) is 9.59. The molecule has 1 N–H and O–H groups in total. The predicted molar refractivity (Wildman–Crippen MR) is 72.7 cm³/mol. The second-order valence-corrected chi connectivity index (χ2v) is 5.52. The van der Waals surface area contributed by atoms with E-state index in [0.717, 1.165) is 17.4 Å². The molecule has 0 amide bonds. The SMILES string of the molecule is Clc1cnc(OCCC2CCCCN2)c(Br)c1. The van der Waals surface area contributed by atoms with Crippen molar-refractivity contribution in [1.29, 1.82) is 0 Å². The second-order valence-electron chi connectivity index (χ2n) is 4.22. The van der Waals surface area contributed by atoms with Gasteiger partial charge in [-0.05, 0) is 47.8 Å². The van der Waals surface area contributed by atoms with Gasteiger partial charge in [-0.1, -0.05) is 18.0 Å². The van der Waals surface area contributed by atoms with Crippen LogP contribution in [0.1, 0.15) is 25.7 Å². The third kappa shape index (κ3) is 4.12. The van der Waals surface area contributed by atoms with Gasteiger partial charge in [0.2, 0.25) is 5.88 Å². The van der Waals surface area contributed by atoms with E-state index in [1.54, 1.807) is 12.3 Å². The van der Waals surface area contributed by atoms with Gasteiger partial charge in [-0.2, -0.15) is 0 Å². The van der Waals surface area contributed by atoms with Gasteiger partial charge < -0.3 is 10.1 Å². The van der Waals surface area contributed by atoms with Crippen LogP contribution in [0.4, 0.5) is 0 Å². The fourth-order valence-corrected chi connectivity index (χ4v) is 2.73. The Labute approximate surface area is 115 Å². The minimum absolute atomic E-state index is 0.592. The van der Waals surface area contributed by atoms with E-state index in [1.807, 2.05) is 0 Å². The van der Waals surface area contributed by atoms with Gasteiger partial charge in [0.05, 0.1) is 16.1 Å². The summed E-state index contributed by atoms with van der Waals surface area (Å²) < 4.78 is 6.44. The maximum atomic E-state index is 5.81. The van der Waals surface area contributed by atoms with Crippen LogP contribution >= 0.6 is 27.5 Å². The van der Waals surface area contributed by atoms with Crippen LogP contribution in [-0.2, 0) is 0 Å². The Bertz CT molecular complexity index is 370. The van der Waals surface area contributed by atoms with Crippen LogP contribution < -0.4 is 10.1 Å². The highest BCUT2D eigenvalue weighted by Gasteiger charge is 2.12. The van der Waals surface area contributed by atoms with Crippen LogP contribution in [-0.4, -0.2) is 24.2 Å². The number of hydrogen-bond donors (Lipinski definition) is 1. The van der Waals surface area contributed by atoms with E-state index in [2.05, 4.69) is 26.2 Å². The smallest absolute Gasteiger partial charge is 0.228 e. The first-order valence-corrected chi connectivity index (χ1v) is 7.10. The van der Waals surface area contributed by atoms with E-state index in [0.29, 0.717) is 23.6 Å². The van der Waals surface area contributed by atoms with E-state index < -0.39 is 0 Å². The zero-order valence-corrected chi connectivity index (χ0v) is 11.9. The second kappa shape index (κ2) is 6.57. The van der Waals surface area contributed by atoms with Gasteiger partial charge in [0.1, 0.15) is 0 Å². The molecule has 1 atom stereocenters. The van der Waals surface area contributed by atoms with Gasteiger partial charge in [0.15, 0.2) is 0 Å². The topological polar surface area (TPSA) is 34.1 Å². The van der Waals surface area contributed by atoms with Crippen LogP contribution in [0.15, 0.2) is 16.7 Å². The van der Waals surface area contributed by atoms with Crippen molar-refractivity contribution in [3.05, 3.63) is 21.8 Å². The fourth-order valence-electron chi connectivity index (χ4n) is 1.98. The van der Waals surface area contributed by atoms with Gasteiger partial charge >= 0.3 is 0 Å².